The summed E-state index contributed by atoms with van der Waals surface area (Å²) in [7, 11) is 1.62. The SMILES string of the molecule is CC.COc1ccc(CN(N)/C(=N\N)NN=C(C)C)cc1. The summed E-state index contributed by atoms with van der Waals surface area (Å²) in [4.78, 5) is 0. The third kappa shape index (κ3) is 7.17. The van der Waals surface area contributed by atoms with Gasteiger partial charge in [0.2, 0.25) is 0 Å². The Labute approximate surface area is 126 Å². The van der Waals surface area contributed by atoms with E-state index in [4.69, 9.17) is 16.4 Å². The molecule has 0 heterocycles. The normalized spacial score (nSPS) is 10.1. The van der Waals surface area contributed by atoms with Crippen LogP contribution in [0.1, 0.15) is 33.3 Å². The lowest BCUT2D eigenvalue weighted by molar-refractivity contribution is 0.408. The van der Waals surface area contributed by atoms with Gasteiger partial charge < -0.3 is 10.6 Å². The molecule has 118 valence electrons. The van der Waals surface area contributed by atoms with Crippen LogP contribution in [0.2, 0.25) is 0 Å². The number of nitrogens with two attached hydrogens (primary N) is 2. The lowest BCUT2D eigenvalue weighted by Gasteiger charge is -2.19. The molecular weight excluding hydrogens is 268 g/mol. The Morgan fingerprint density at radius 3 is 2.24 bits per heavy atom. The summed E-state index contributed by atoms with van der Waals surface area (Å²) in [5, 5.41) is 8.95. The maximum absolute atomic E-state index is 5.88. The average molecular weight is 294 g/mol. The van der Waals surface area contributed by atoms with Crippen LogP contribution in [0.15, 0.2) is 34.5 Å². The van der Waals surface area contributed by atoms with Crippen molar-refractivity contribution in [3.8, 4) is 5.75 Å². The van der Waals surface area contributed by atoms with Gasteiger partial charge >= 0.3 is 0 Å². The van der Waals surface area contributed by atoms with Crippen molar-refractivity contribution in [2.75, 3.05) is 7.11 Å². The zero-order valence-corrected chi connectivity index (χ0v) is 13.4. The molecule has 0 unspecified atom stereocenters. The van der Waals surface area contributed by atoms with Gasteiger partial charge in [-0.25, -0.2) is 11.3 Å². The molecule has 0 saturated carbocycles. The first-order chi connectivity index (χ1) is 10.1. The van der Waals surface area contributed by atoms with E-state index in [1.807, 2.05) is 52.0 Å². The molecule has 5 N–H and O–H groups in total. The van der Waals surface area contributed by atoms with Crippen molar-refractivity contribution in [3.63, 3.8) is 0 Å². The third-order valence-corrected chi connectivity index (χ3v) is 2.29. The maximum Gasteiger partial charge on any atom is 0.251 e. The molecule has 1 rings (SSSR count). The number of nitrogens with one attached hydrogen (secondary N) is 1. The Morgan fingerprint density at radius 1 is 1.24 bits per heavy atom. The summed E-state index contributed by atoms with van der Waals surface area (Å²) in [6.07, 6.45) is 0. The predicted molar refractivity (Wildman–Crippen MR) is 87.6 cm³/mol. The number of rotatable bonds is 4. The number of hydrazone groups is 2. The summed E-state index contributed by atoms with van der Waals surface area (Å²) in [5.41, 5.74) is 4.55. The minimum atomic E-state index is 0.289. The number of guanidine groups is 1. The Bertz CT molecular complexity index is 451. The quantitative estimate of drug-likeness (QED) is 0.339. The highest BCUT2D eigenvalue weighted by Crippen LogP contribution is 2.12. The first kappa shape index (κ1) is 18.7. The summed E-state index contributed by atoms with van der Waals surface area (Å²) in [6, 6.07) is 7.57. The Morgan fingerprint density at radius 2 is 1.81 bits per heavy atom. The van der Waals surface area contributed by atoms with Crippen molar-refractivity contribution in [1.82, 2.24) is 10.4 Å². The number of hydrogen-bond acceptors (Lipinski definition) is 5. The monoisotopic (exact) mass is 294 g/mol. The Balaban J connectivity index is 0.00000191. The predicted octanol–water partition coefficient (Wildman–Crippen LogP) is 1.61. The molecular formula is C14H26N6O. The van der Waals surface area contributed by atoms with Crippen molar-refractivity contribution >= 4 is 11.7 Å². The molecule has 21 heavy (non-hydrogen) atoms. The fraction of sp³-hybridized carbons (Fsp3) is 0.429. The van der Waals surface area contributed by atoms with E-state index in [9.17, 15) is 0 Å². The van der Waals surface area contributed by atoms with E-state index in [1.54, 1.807) is 7.11 Å². The fourth-order valence-electron chi connectivity index (χ4n) is 1.33. The number of hydrogen-bond donors (Lipinski definition) is 3. The molecule has 0 radical (unpaired) electrons. The van der Waals surface area contributed by atoms with Gasteiger partial charge in [-0.1, -0.05) is 26.0 Å². The molecule has 0 spiro atoms. The zero-order chi connectivity index (χ0) is 16.3. The van der Waals surface area contributed by atoms with E-state index in [0.29, 0.717) is 6.54 Å². The van der Waals surface area contributed by atoms with Gasteiger partial charge in [-0.05, 0) is 31.5 Å². The lowest BCUT2D eigenvalue weighted by Crippen LogP contribution is -2.44. The summed E-state index contributed by atoms with van der Waals surface area (Å²) in [6.45, 7) is 8.16. The van der Waals surface area contributed by atoms with Gasteiger partial charge in [0, 0.05) is 5.71 Å². The average Bonchev–Trinajstić information content (AvgIpc) is 2.50. The zero-order valence-electron chi connectivity index (χ0n) is 13.4. The summed E-state index contributed by atoms with van der Waals surface area (Å²) in [5.74, 6) is 12.2. The first-order valence-electron chi connectivity index (χ1n) is 6.76. The molecule has 7 nitrogen and oxygen atoms in total. The Kier molecular flexibility index (Phi) is 9.36. The number of hydrazine groups is 1. The van der Waals surface area contributed by atoms with E-state index in [0.717, 1.165) is 17.0 Å². The van der Waals surface area contributed by atoms with Crippen LogP contribution < -0.4 is 21.8 Å². The van der Waals surface area contributed by atoms with E-state index in [1.165, 1.54) is 5.01 Å². The van der Waals surface area contributed by atoms with Crippen molar-refractivity contribution in [2.24, 2.45) is 21.9 Å². The molecule has 7 heteroatoms. The number of benzene rings is 1. The van der Waals surface area contributed by atoms with Gasteiger partial charge in [-0.2, -0.15) is 5.10 Å². The van der Waals surface area contributed by atoms with E-state index in [2.05, 4.69) is 15.6 Å². The molecule has 0 aliphatic heterocycles. The van der Waals surface area contributed by atoms with Crippen LogP contribution in [-0.4, -0.2) is 23.8 Å². The van der Waals surface area contributed by atoms with E-state index < -0.39 is 0 Å². The van der Waals surface area contributed by atoms with E-state index in [-0.39, 0.29) is 5.96 Å². The number of nitrogens with zero attached hydrogens (tertiary/aromatic N) is 3. The second kappa shape index (κ2) is 10.5. The maximum atomic E-state index is 5.88. The minimum absolute atomic E-state index is 0.289. The highest BCUT2D eigenvalue weighted by atomic mass is 16.5. The molecule has 0 aromatic heterocycles. The molecule has 0 aliphatic rings. The highest BCUT2D eigenvalue weighted by Gasteiger charge is 2.07. The van der Waals surface area contributed by atoms with Crippen LogP contribution in [0.5, 0.6) is 5.75 Å². The van der Waals surface area contributed by atoms with Gasteiger partial charge in [-0.3, -0.25) is 5.01 Å². The molecule has 0 atom stereocenters. The highest BCUT2D eigenvalue weighted by molar-refractivity contribution is 5.83. The lowest BCUT2D eigenvalue weighted by atomic mass is 10.2. The van der Waals surface area contributed by atoms with Crippen molar-refractivity contribution < 1.29 is 4.74 Å². The van der Waals surface area contributed by atoms with E-state index >= 15 is 0 Å². The van der Waals surface area contributed by atoms with Gasteiger partial charge in [-0.15, -0.1) is 5.10 Å². The second-order valence-corrected chi connectivity index (χ2v) is 4.10. The van der Waals surface area contributed by atoms with Crippen LogP contribution in [0, 0.1) is 0 Å². The fourth-order valence-corrected chi connectivity index (χ4v) is 1.33. The number of methoxy groups -OCH3 is 1. The molecule has 0 saturated heterocycles. The Hall–Kier alpha value is -2.28. The van der Waals surface area contributed by atoms with Gasteiger partial charge in [0.1, 0.15) is 5.75 Å². The summed E-state index contributed by atoms with van der Waals surface area (Å²) < 4.78 is 5.09. The molecule has 1 aromatic carbocycles. The smallest absolute Gasteiger partial charge is 0.251 e. The standard InChI is InChI=1S/C12H20N6O.C2H6/c1-9(2)16-17-12(15-13)18(14)8-10-4-6-11(19-3)7-5-10;1-2/h4-7H,8,13-14H2,1-3H3,(H,15,17);1-2H3. The molecule has 0 amide bonds. The number of ether oxygens (including phenoxy) is 1. The van der Waals surface area contributed by atoms with Crippen molar-refractivity contribution in [2.45, 2.75) is 34.2 Å². The van der Waals surface area contributed by atoms with Crippen LogP contribution in [0.4, 0.5) is 0 Å². The minimum Gasteiger partial charge on any atom is -0.497 e. The van der Waals surface area contributed by atoms with Crippen molar-refractivity contribution in [1.29, 1.82) is 0 Å². The van der Waals surface area contributed by atoms with Crippen LogP contribution >= 0.6 is 0 Å². The van der Waals surface area contributed by atoms with Crippen LogP contribution in [-0.2, 0) is 6.54 Å². The van der Waals surface area contributed by atoms with Crippen molar-refractivity contribution in [3.05, 3.63) is 29.8 Å². The van der Waals surface area contributed by atoms with Gasteiger partial charge in [0.15, 0.2) is 0 Å². The topological polar surface area (TPSA) is 101 Å². The molecule has 1 aromatic rings. The molecule has 0 bridgehead atoms. The third-order valence-electron chi connectivity index (χ3n) is 2.29. The molecule has 0 aliphatic carbocycles. The van der Waals surface area contributed by atoms with Crippen LogP contribution in [0.3, 0.4) is 0 Å². The molecule has 0 fully saturated rings. The first-order valence-corrected chi connectivity index (χ1v) is 6.76. The largest absolute Gasteiger partial charge is 0.497 e. The summed E-state index contributed by atoms with van der Waals surface area (Å²) >= 11 is 0. The second-order valence-electron chi connectivity index (χ2n) is 4.10. The van der Waals surface area contributed by atoms with Gasteiger partial charge in [0.25, 0.3) is 5.96 Å². The van der Waals surface area contributed by atoms with Gasteiger partial charge in [0.05, 0.1) is 13.7 Å². The van der Waals surface area contributed by atoms with Crippen LogP contribution in [0.25, 0.3) is 0 Å².